The molecule has 1 fully saturated rings. The second-order valence-corrected chi connectivity index (χ2v) is 6.33. The molecule has 1 aliphatic rings. The summed E-state index contributed by atoms with van der Waals surface area (Å²) in [5, 5.41) is 3.05. The molecule has 1 atom stereocenters. The first-order chi connectivity index (χ1) is 12.3. The minimum Gasteiger partial charge on any atom is -0.324 e. The number of amides is 2. The van der Waals surface area contributed by atoms with Gasteiger partial charge in [-0.1, -0.05) is 23.7 Å². The topological polar surface area (TPSA) is 49.4 Å². The van der Waals surface area contributed by atoms with Crippen molar-refractivity contribution in [3.05, 3.63) is 59.1 Å². The second-order valence-electron chi connectivity index (χ2n) is 5.92. The molecule has 0 spiro atoms. The molecule has 0 aliphatic carbocycles. The lowest BCUT2D eigenvalue weighted by Crippen LogP contribution is -2.28. The number of alkyl halides is 3. The van der Waals surface area contributed by atoms with Crippen molar-refractivity contribution in [3.8, 4) is 0 Å². The van der Waals surface area contributed by atoms with Crippen LogP contribution in [0.2, 0.25) is 5.02 Å². The van der Waals surface area contributed by atoms with E-state index in [9.17, 15) is 22.8 Å². The Hall–Kier alpha value is -2.54. The number of anilines is 2. The molecule has 2 amide bonds. The molecule has 4 nitrogen and oxygen atoms in total. The highest BCUT2D eigenvalue weighted by Gasteiger charge is 2.36. The Labute approximate surface area is 152 Å². The van der Waals surface area contributed by atoms with Crippen LogP contribution in [0.5, 0.6) is 0 Å². The molecule has 1 N–H and O–H groups in total. The Morgan fingerprint density at radius 2 is 1.77 bits per heavy atom. The molecule has 2 aromatic rings. The molecule has 1 saturated heterocycles. The van der Waals surface area contributed by atoms with Crippen molar-refractivity contribution < 1.29 is 22.8 Å². The fraction of sp³-hybridized carbons (Fsp3) is 0.222. The maximum Gasteiger partial charge on any atom is 0.416 e. The van der Waals surface area contributed by atoms with Gasteiger partial charge in [0.1, 0.15) is 0 Å². The number of carbonyl (C=O) groups is 2. The summed E-state index contributed by atoms with van der Waals surface area (Å²) in [6.45, 7) is 0.0977. The molecule has 0 bridgehead atoms. The molecule has 8 heteroatoms. The molecular formula is C18H14ClF3N2O2. The fourth-order valence-electron chi connectivity index (χ4n) is 2.76. The van der Waals surface area contributed by atoms with Gasteiger partial charge >= 0.3 is 6.18 Å². The average molecular weight is 383 g/mol. The van der Waals surface area contributed by atoms with Gasteiger partial charge in [0.25, 0.3) is 0 Å². The fourth-order valence-corrected chi connectivity index (χ4v) is 2.94. The molecule has 26 heavy (non-hydrogen) atoms. The van der Waals surface area contributed by atoms with Gasteiger partial charge < -0.3 is 10.2 Å². The van der Waals surface area contributed by atoms with Crippen LogP contribution in [-0.4, -0.2) is 18.4 Å². The zero-order valence-corrected chi connectivity index (χ0v) is 14.1. The van der Waals surface area contributed by atoms with E-state index < -0.39 is 17.7 Å². The van der Waals surface area contributed by atoms with Crippen molar-refractivity contribution >= 4 is 34.8 Å². The monoisotopic (exact) mass is 382 g/mol. The summed E-state index contributed by atoms with van der Waals surface area (Å²) in [7, 11) is 0. The molecular weight excluding hydrogens is 369 g/mol. The highest BCUT2D eigenvalue weighted by Crippen LogP contribution is 2.32. The maximum absolute atomic E-state index is 12.6. The van der Waals surface area contributed by atoms with Crippen LogP contribution >= 0.6 is 11.6 Å². The van der Waals surface area contributed by atoms with Crippen molar-refractivity contribution in [2.24, 2.45) is 5.92 Å². The Bertz CT molecular complexity index is 837. The minimum atomic E-state index is -4.44. The highest BCUT2D eigenvalue weighted by molar-refractivity contribution is 6.33. The molecule has 1 aliphatic heterocycles. The minimum absolute atomic E-state index is 0.0166. The van der Waals surface area contributed by atoms with Crippen LogP contribution in [0.4, 0.5) is 24.5 Å². The van der Waals surface area contributed by atoms with Crippen LogP contribution in [0, 0.1) is 5.92 Å². The van der Waals surface area contributed by atoms with Crippen molar-refractivity contribution in [2.45, 2.75) is 12.6 Å². The van der Waals surface area contributed by atoms with Crippen LogP contribution < -0.4 is 10.2 Å². The molecule has 0 radical (unpaired) electrons. The summed E-state index contributed by atoms with van der Waals surface area (Å²) in [5.41, 5.74) is -0.0171. The van der Waals surface area contributed by atoms with E-state index in [2.05, 4.69) is 5.32 Å². The number of nitrogens with one attached hydrogen (secondary N) is 1. The summed E-state index contributed by atoms with van der Waals surface area (Å²) in [6.07, 6.45) is -4.46. The largest absolute Gasteiger partial charge is 0.416 e. The highest BCUT2D eigenvalue weighted by atomic mass is 35.5. The van der Waals surface area contributed by atoms with Gasteiger partial charge in [0.2, 0.25) is 11.8 Å². The standard InChI is InChI=1S/C18H14ClF3N2O2/c19-14-3-1-2-4-15(14)23-17(26)11-9-16(25)24(10-11)13-7-5-12(6-8-13)18(20,21)22/h1-8,11H,9-10H2,(H,23,26). The summed E-state index contributed by atoms with van der Waals surface area (Å²) < 4.78 is 37.9. The van der Waals surface area contributed by atoms with Gasteiger partial charge in [-0.25, -0.2) is 0 Å². The quantitative estimate of drug-likeness (QED) is 0.858. The summed E-state index contributed by atoms with van der Waals surface area (Å²) in [5.74, 6) is -1.29. The first-order valence-electron chi connectivity index (χ1n) is 7.79. The van der Waals surface area contributed by atoms with Crippen molar-refractivity contribution in [2.75, 3.05) is 16.8 Å². The third-order valence-corrected chi connectivity index (χ3v) is 4.46. The third-order valence-electron chi connectivity index (χ3n) is 4.13. The van der Waals surface area contributed by atoms with Gasteiger partial charge in [0, 0.05) is 18.7 Å². The van der Waals surface area contributed by atoms with E-state index in [0.717, 1.165) is 12.1 Å². The summed E-state index contributed by atoms with van der Waals surface area (Å²) in [4.78, 5) is 25.9. The number of hydrogen-bond acceptors (Lipinski definition) is 2. The third kappa shape index (κ3) is 3.83. The lowest BCUT2D eigenvalue weighted by atomic mass is 10.1. The van der Waals surface area contributed by atoms with Gasteiger partial charge in [-0.3, -0.25) is 9.59 Å². The van der Waals surface area contributed by atoms with Crippen LogP contribution in [0.1, 0.15) is 12.0 Å². The van der Waals surface area contributed by atoms with Gasteiger partial charge in [0.15, 0.2) is 0 Å². The summed E-state index contributed by atoms with van der Waals surface area (Å²) in [6, 6.07) is 11.0. The first kappa shape index (κ1) is 18.3. The van der Waals surface area contributed by atoms with Gasteiger partial charge in [0.05, 0.1) is 22.2 Å². The average Bonchev–Trinajstić information content (AvgIpc) is 2.98. The van der Waals surface area contributed by atoms with Gasteiger partial charge in [-0.2, -0.15) is 13.2 Å². The van der Waals surface area contributed by atoms with E-state index in [-0.39, 0.29) is 24.8 Å². The normalized spacial score (nSPS) is 17.5. The number of nitrogens with zero attached hydrogens (tertiary/aromatic N) is 1. The summed E-state index contributed by atoms with van der Waals surface area (Å²) >= 11 is 6.00. The Kier molecular flexibility index (Phi) is 4.91. The smallest absolute Gasteiger partial charge is 0.324 e. The molecule has 136 valence electrons. The van der Waals surface area contributed by atoms with Gasteiger partial charge in [-0.05, 0) is 36.4 Å². The lowest BCUT2D eigenvalue weighted by molar-refractivity contribution is -0.137. The SMILES string of the molecule is O=C(Nc1ccccc1Cl)C1CC(=O)N(c2ccc(C(F)(F)F)cc2)C1. The zero-order valence-electron chi connectivity index (χ0n) is 13.4. The maximum atomic E-state index is 12.6. The predicted molar refractivity (Wildman–Crippen MR) is 92.0 cm³/mol. The molecule has 0 aromatic heterocycles. The van der Waals surface area contributed by atoms with E-state index in [1.54, 1.807) is 24.3 Å². The molecule has 3 rings (SSSR count). The van der Waals surface area contributed by atoms with Crippen molar-refractivity contribution in [1.82, 2.24) is 0 Å². The van der Waals surface area contributed by atoms with Crippen LogP contribution in [-0.2, 0) is 15.8 Å². The van der Waals surface area contributed by atoms with Crippen LogP contribution in [0.3, 0.4) is 0 Å². The van der Waals surface area contributed by atoms with E-state index in [4.69, 9.17) is 11.6 Å². The van der Waals surface area contributed by atoms with Crippen molar-refractivity contribution in [3.63, 3.8) is 0 Å². The van der Waals surface area contributed by atoms with Crippen LogP contribution in [0.15, 0.2) is 48.5 Å². The number of para-hydroxylation sites is 1. The Morgan fingerprint density at radius 3 is 2.38 bits per heavy atom. The number of rotatable bonds is 3. The number of hydrogen-bond donors (Lipinski definition) is 1. The number of benzene rings is 2. The van der Waals surface area contributed by atoms with Gasteiger partial charge in [-0.15, -0.1) is 0 Å². The molecule has 1 heterocycles. The van der Waals surface area contributed by atoms with E-state index in [0.29, 0.717) is 16.4 Å². The molecule has 0 saturated carbocycles. The zero-order chi connectivity index (χ0) is 18.9. The van der Waals surface area contributed by atoms with E-state index in [1.165, 1.54) is 17.0 Å². The Morgan fingerprint density at radius 1 is 1.12 bits per heavy atom. The van der Waals surface area contributed by atoms with Crippen molar-refractivity contribution in [1.29, 1.82) is 0 Å². The van der Waals surface area contributed by atoms with Crippen LogP contribution in [0.25, 0.3) is 0 Å². The number of halogens is 4. The Balaban J connectivity index is 1.70. The predicted octanol–water partition coefficient (Wildman–Crippen LogP) is 4.35. The van der Waals surface area contributed by atoms with E-state index >= 15 is 0 Å². The second kappa shape index (κ2) is 6.99. The van der Waals surface area contributed by atoms with E-state index in [1.807, 2.05) is 0 Å². The molecule has 1 unspecified atom stereocenters. The number of carbonyl (C=O) groups excluding carboxylic acids is 2. The lowest BCUT2D eigenvalue weighted by Gasteiger charge is -2.17. The molecule has 2 aromatic carbocycles. The first-order valence-corrected chi connectivity index (χ1v) is 8.16.